The summed E-state index contributed by atoms with van der Waals surface area (Å²) in [6.45, 7) is 1.88. The number of hydrogen-bond donors (Lipinski definition) is 0. The van der Waals surface area contributed by atoms with E-state index >= 15 is 0 Å². The minimum Gasteiger partial charge on any atom is -0.337 e. The fourth-order valence-corrected chi connectivity index (χ4v) is 2.49. The zero-order valence-electron chi connectivity index (χ0n) is 11.9. The van der Waals surface area contributed by atoms with Crippen molar-refractivity contribution >= 4 is 10.8 Å². The third kappa shape index (κ3) is 2.80. The van der Waals surface area contributed by atoms with Gasteiger partial charge >= 0.3 is 0 Å². The van der Waals surface area contributed by atoms with Gasteiger partial charge in [0.2, 0.25) is 16.9 Å². The van der Waals surface area contributed by atoms with Crippen LogP contribution in [0.5, 0.6) is 0 Å². The van der Waals surface area contributed by atoms with E-state index in [0.29, 0.717) is 28.0 Å². The molecule has 1 atom stereocenters. The number of rotatable bonds is 4. The van der Waals surface area contributed by atoms with E-state index in [4.69, 9.17) is 4.52 Å². The van der Waals surface area contributed by atoms with Crippen LogP contribution in [0.15, 0.2) is 34.2 Å². The topological polar surface area (TPSA) is 86.7 Å². The maximum atomic E-state index is 13.6. The lowest BCUT2D eigenvalue weighted by Gasteiger charge is -1.99. The summed E-state index contributed by atoms with van der Waals surface area (Å²) in [5.41, 5.74) is 1.08. The van der Waals surface area contributed by atoms with E-state index in [-0.39, 0.29) is 12.4 Å². The molecule has 0 amide bonds. The van der Waals surface area contributed by atoms with Crippen LogP contribution in [0.1, 0.15) is 11.5 Å². The van der Waals surface area contributed by atoms with Crippen LogP contribution in [0.25, 0.3) is 11.4 Å². The predicted octanol–water partition coefficient (Wildman–Crippen LogP) is 1.56. The fourth-order valence-electron chi connectivity index (χ4n) is 1.89. The number of aromatic nitrogens is 5. The summed E-state index contributed by atoms with van der Waals surface area (Å²) in [7, 11) is -1.27. The molecule has 0 unspecified atom stereocenters. The molecule has 114 valence electrons. The largest absolute Gasteiger partial charge is 0.337 e. The van der Waals surface area contributed by atoms with Gasteiger partial charge in [-0.25, -0.2) is 4.39 Å². The molecule has 0 saturated carbocycles. The average Bonchev–Trinajstić information content (AvgIpc) is 3.11. The molecule has 0 radical (unpaired) electrons. The number of nitrogens with zero attached hydrogens (tertiary/aromatic N) is 5. The summed E-state index contributed by atoms with van der Waals surface area (Å²) in [5.74, 6) is 0.259. The monoisotopic (exact) mass is 321 g/mol. The first-order chi connectivity index (χ1) is 10.5. The van der Waals surface area contributed by atoms with Gasteiger partial charge in [-0.3, -0.25) is 8.78 Å². The lowest BCUT2D eigenvalue weighted by molar-refractivity contribution is 0.367. The second kappa shape index (κ2) is 5.76. The van der Waals surface area contributed by atoms with E-state index in [1.165, 1.54) is 18.6 Å². The standard InChI is InChI=1S/C13H12FN5O2S/c1-8-3-4-9(5-10(8)14)12-16-11(21-18-12)6-19-7-15-17-13(19)22(2)20/h3-5,7H,6H2,1-2H3/t22-/m0/s1. The average molecular weight is 321 g/mol. The molecule has 3 rings (SSSR count). The second-order valence-electron chi connectivity index (χ2n) is 4.67. The Morgan fingerprint density at radius 3 is 2.95 bits per heavy atom. The van der Waals surface area contributed by atoms with Crippen LogP contribution in [0, 0.1) is 12.7 Å². The molecule has 0 bridgehead atoms. The van der Waals surface area contributed by atoms with Crippen LogP contribution in [-0.4, -0.2) is 35.4 Å². The minimum absolute atomic E-state index is 0.198. The molecule has 22 heavy (non-hydrogen) atoms. The van der Waals surface area contributed by atoms with Gasteiger partial charge in [-0.05, 0) is 18.6 Å². The molecule has 2 aromatic heterocycles. The van der Waals surface area contributed by atoms with Crippen LogP contribution in [0.2, 0.25) is 0 Å². The van der Waals surface area contributed by atoms with Crippen LogP contribution in [0.4, 0.5) is 4.39 Å². The number of benzene rings is 1. The Balaban J connectivity index is 1.86. The molecule has 0 aliphatic rings. The first-order valence-electron chi connectivity index (χ1n) is 6.35. The van der Waals surface area contributed by atoms with Crippen molar-refractivity contribution in [2.24, 2.45) is 0 Å². The number of hydrogen-bond acceptors (Lipinski definition) is 6. The van der Waals surface area contributed by atoms with Crippen molar-refractivity contribution in [3.8, 4) is 11.4 Å². The quantitative estimate of drug-likeness (QED) is 0.725. The Kier molecular flexibility index (Phi) is 3.80. The fraction of sp³-hybridized carbons (Fsp3) is 0.231. The zero-order valence-corrected chi connectivity index (χ0v) is 12.7. The third-order valence-corrected chi connectivity index (χ3v) is 3.87. The van der Waals surface area contributed by atoms with Gasteiger partial charge in [-0.15, -0.1) is 10.2 Å². The smallest absolute Gasteiger partial charge is 0.247 e. The third-order valence-electron chi connectivity index (χ3n) is 3.04. The lowest BCUT2D eigenvalue weighted by Crippen LogP contribution is -2.05. The van der Waals surface area contributed by atoms with Crippen molar-refractivity contribution in [2.75, 3.05) is 6.26 Å². The molecule has 0 N–H and O–H groups in total. The van der Waals surface area contributed by atoms with Crippen LogP contribution < -0.4 is 0 Å². The van der Waals surface area contributed by atoms with Crippen molar-refractivity contribution in [3.05, 3.63) is 41.8 Å². The molecule has 1 aromatic carbocycles. The lowest BCUT2D eigenvalue weighted by atomic mass is 10.1. The highest BCUT2D eigenvalue weighted by Crippen LogP contribution is 2.19. The predicted molar refractivity (Wildman–Crippen MR) is 75.9 cm³/mol. The normalized spacial score (nSPS) is 12.5. The van der Waals surface area contributed by atoms with Gasteiger partial charge in [0.15, 0.2) is 0 Å². The first-order valence-corrected chi connectivity index (χ1v) is 7.91. The van der Waals surface area contributed by atoms with Crippen LogP contribution >= 0.6 is 0 Å². The molecule has 2 heterocycles. The van der Waals surface area contributed by atoms with Crippen LogP contribution in [-0.2, 0) is 17.3 Å². The van der Waals surface area contributed by atoms with Gasteiger partial charge in [-0.1, -0.05) is 17.3 Å². The highest BCUT2D eigenvalue weighted by Gasteiger charge is 2.14. The minimum atomic E-state index is -1.27. The highest BCUT2D eigenvalue weighted by molar-refractivity contribution is 7.84. The van der Waals surface area contributed by atoms with Crippen LogP contribution in [0.3, 0.4) is 0 Å². The van der Waals surface area contributed by atoms with Crippen molar-refractivity contribution in [1.29, 1.82) is 0 Å². The molecule has 7 nitrogen and oxygen atoms in total. The van der Waals surface area contributed by atoms with Crippen molar-refractivity contribution in [3.63, 3.8) is 0 Å². The number of halogens is 1. The van der Waals surface area contributed by atoms with E-state index in [1.807, 2.05) is 0 Å². The van der Waals surface area contributed by atoms with Gasteiger partial charge in [0.1, 0.15) is 18.7 Å². The SMILES string of the molecule is Cc1ccc(-c2noc(Cn3cnnc3[S@](C)=O)n2)cc1F. The molecule has 0 fully saturated rings. The summed E-state index contributed by atoms with van der Waals surface area (Å²) >= 11 is 0. The highest BCUT2D eigenvalue weighted by atomic mass is 32.2. The maximum absolute atomic E-state index is 13.6. The first kappa shape index (κ1) is 14.5. The maximum Gasteiger partial charge on any atom is 0.247 e. The Bertz CT molecular complexity index is 845. The number of aryl methyl sites for hydroxylation is 1. The van der Waals surface area contributed by atoms with E-state index in [9.17, 15) is 8.60 Å². The summed E-state index contributed by atoms with van der Waals surface area (Å²) in [6.07, 6.45) is 2.95. The molecule has 3 aromatic rings. The van der Waals surface area contributed by atoms with Crippen molar-refractivity contribution < 1.29 is 13.1 Å². The summed E-state index contributed by atoms with van der Waals surface area (Å²) < 4.78 is 31.8. The van der Waals surface area contributed by atoms with Gasteiger partial charge in [0.05, 0.1) is 10.8 Å². The summed E-state index contributed by atoms with van der Waals surface area (Å²) in [6, 6.07) is 4.73. The molecule has 0 spiro atoms. The van der Waals surface area contributed by atoms with Gasteiger partial charge < -0.3 is 4.52 Å². The molecular weight excluding hydrogens is 309 g/mol. The van der Waals surface area contributed by atoms with Gasteiger partial charge in [0.25, 0.3) is 0 Å². The zero-order chi connectivity index (χ0) is 15.7. The summed E-state index contributed by atoms with van der Waals surface area (Å²) in [5, 5.41) is 11.6. The Hall–Kier alpha value is -2.42. The van der Waals surface area contributed by atoms with Gasteiger partial charge in [0, 0.05) is 11.8 Å². The van der Waals surface area contributed by atoms with E-state index < -0.39 is 10.8 Å². The molecule has 9 heteroatoms. The van der Waals surface area contributed by atoms with Crippen molar-refractivity contribution in [1.82, 2.24) is 24.9 Å². The molecule has 0 aliphatic carbocycles. The Morgan fingerprint density at radius 2 is 2.23 bits per heavy atom. The van der Waals surface area contributed by atoms with Gasteiger partial charge in [-0.2, -0.15) is 4.98 Å². The Morgan fingerprint density at radius 1 is 1.41 bits per heavy atom. The molecule has 0 saturated heterocycles. The second-order valence-corrected chi connectivity index (χ2v) is 5.94. The summed E-state index contributed by atoms with van der Waals surface area (Å²) in [4.78, 5) is 4.21. The molecular formula is C13H12FN5O2S. The molecule has 0 aliphatic heterocycles. The van der Waals surface area contributed by atoms with E-state index in [1.54, 1.807) is 23.6 Å². The van der Waals surface area contributed by atoms with E-state index in [0.717, 1.165) is 0 Å². The van der Waals surface area contributed by atoms with E-state index in [2.05, 4.69) is 20.3 Å². The Labute approximate surface area is 127 Å². The van der Waals surface area contributed by atoms with Crippen molar-refractivity contribution in [2.45, 2.75) is 18.6 Å².